The van der Waals surface area contributed by atoms with Crippen LogP contribution in [-0.2, 0) is 9.59 Å². The molecule has 1 aliphatic rings. The van der Waals surface area contributed by atoms with E-state index in [0.717, 1.165) is 10.5 Å². The summed E-state index contributed by atoms with van der Waals surface area (Å²) in [4.78, 5) is 38.8. The van der Waals surface area contributed by atoms with Crippen molar-refractivity contribution in [3.8, 4) is 6.07 Å². The van der Waals surface area contributed by atoms with Gasteiger partial charge in [0.25, 0.3) is 5.91 Å². The summed E-state index contributed by atoms with van der Waals surface area (Å²) >= 11 is 0. The molecule has 1 N–H and O–H groups in total. The monoisotopic (exact) mass is 314 g/mol. The van der Waals surface area contributed by atoms with E-state index < -0.39 is 23.9 Å². The van der Waals surface area contributed by atoms with Gasteiger partial charge in [0, 0.05) is 12.2 Å². The van der Waals surface area contributed by atoms with Crippen molar-refractivity contribution in [2.24, 2.45) is 0 Å². The van der Waals surface area contributed by atoms with Crippen LogP contribution in [0.25, 0.3) is 0 Å². The first-order valence-electron chi connectivity index (χ1n) is 7.30. The van der Waals surface area contributed by atoms with E-state index >= 15 is 0 Å². The molecule has 1 aliphatic heterocycles. The normalized spacial score (nSPS) is 17.3. The van der Waals surface area contributed by atoms with Crippen LogP contribution in [0.5, 0.6) is 0 Å². The molecule has 23 heavy (non-hydrogen) atoms. The Labute approximate surface area is 134 Å². The fourth-order valence-corrected chi connectivity index (χ4v) is 2.37. The van der Waals surface area contributed by atoms with Crippen LogP contribution in [0.3, 0.4) is 0 Å². The molecule has 1 atom stereocenters. The summed E-state index contributed by atoms with van der Waals surface area (Å²) in [5.41, 5.74) is 1.67. The standard InChI is InChI=1S/C16H18N4O3/c1-11-4-6-13(7-5-11)20-12(2)15(22)19(16(20)23)10-14(21)18-9-3-8-17/h4-7,12H,3,9-10H2,1-2H3,(H,18,21). The van der Waals surface area contributed by atoms with Crippen LogP contribution in [0.15, 0.2) is 24.3 Å². The van der Waals surface area contributed by atoms with Crippen LogP contribution in [-0.4, -0.2) is 41.9 Å². The summed E-state index contributed by atoms with van der Waals surface area (Å²) < 4.78 is 0. The maximum Gasteiger partial charge on any atom is 0.332 e. The average Bonchev–Trinajstić information content (AvgIpc) is 2.73. The predicted molar refractivity (Wildman–Crippen MR) is 83.5 cm³/mol. The number of imide groups is 1. The van der Waals surface area contributed by atoms with Crippen LogP contribution in [0.1, 0.15) is 18.9 Å². The Bertz CT molecular complexity index is 663. The molecule has 1 unspecified atom stereocenters. The third-order valence-electron chi connectivity index (χ3n) is 3.62. The lowest BCUT2D eigenvalue weighted by molar-refractivity contribution is -0.131. The number of carbonyl (C=O) groups is 3. The SMILES string of the molecule is Cc1ccc(N2C(=O)N(CC(=O)NCCC#N)C(=O)C2C)cc1. The molecule has 0 bridgehead atoms. The zero-order chi connectivity index (χ0) is 17.0. The quantitative estimate of drug-likeness (QED) is 0.652. The number of nitrogens with one attached hydrogen (secondary N) is 1. The van der Waals surface area contributed by atoms with Crippen LogP contribution >= 0.6 is 0 Å². The Hall–Kier alpha value is -2.88. The van der Waals surface area contributed by atoms with Crippen molar-refractivity contribution in [3.05, 3.63) is 29.8 Å². The second-order valence-electron chi connectivity index (χ2n) is 5.35. The number of hydrogen-bond donors (Lipinski definition) is 1. The molecule has 4 amide bonds. The molecule has 0 radical (unpaired) electrons. The van der Waals surface area contributed by atoms with Crippen molar-refractivity contribution >= 4 is 23.5 Å². The third-order valence-corrected chi connectivity index (χ3v) is 3.62. The molecule has 1 fully saturated rings. The van der Waals surface area contributed by atoms with Gasteiger partial charge in [-0.2, -0.15) is 5.26 Å². The number of amides is 4. The van der Waals surface area contributed by atoms with E-state index in [4.69, 9.17) is 5.26 Å². The van der Waals surface area contributed by atoms with E-state index in [-0.39, 0.29) is 19.5 Å². The zero-order valence-corrected chi connectivity index (χ0v) is 13.1. The lowest BCUT2D eigenvalue weighted by atomic mass is 10.2. The Morgan fingerprint density at radius 1 is 1.30 bits per heavy atom. The molecule has 0 aliphatic carbocycles. The van der Waals surface area contributed by atoms with Crippen molar-refractivity contribution in [3.63, 3.8) is 0 Å². The van der Waals surface area contributed by atoms with Gasteiger partial charge in [0.1, 0.15) is 12.6 Å². The van der Waals surface area contributed by atoms with Gasteiger partial charge in [-0.3, -0.25) is 19.4 Å². The lowest BCUT2D eigenvalue weighted by Gasteiger charge is -2.19. The predicted octanol–water partition coefficient (Wildman–Crippen LogP) is 1.18. The maximum absolute atomic E-state index is 12.5. The summed E-state index contributed by atoms with van der Waals surface area (Å²) in [6.07, 6.45) is 0.180. The van der Waals surface area contributed by atoms with Crippen LogP contribution < -0.4 is 10.2 Å². The van der Waals surface area contributed by atoms with Gasteiger partial charge in [-0.05, 0) is 26.0 Å². The Morgan fingerprint density at radius 3 is 2.57 bits per heavy atom. The number of anilines is 1. The van der Waals surface area contributed by atoms with Crippen molar-refractivity contribution in [1.29, 1.82) is 5.26 Å². The van der Waals surface area contributed by atoms with Crippen molar-refractivity contribution in [1.82, 2.24) is 10.2 Å². The molecule has 120 valence electrons. The number of carbonyl (C=O) groups excluding carboxylic acids is 3. The van der Waals surface area contributed by atoms with E-state index in [2.05, 4.69) is 5.32 Å². The Morgan fingerprint density at radius 2 is 1.96 bits per heavy atom. The summed E-state index contributed by atoms with van der Waals surface area (Å²) in [7, 11) is 0. The average molecular weight is 314 g/mol. The molecule has 1 saturated heterocycles. The van der Waals surface area contributed by atoms with Gasteiger partial charge in [0.15, 0.2) is 0 Å². The molecule has 1 heterocycles. The van der Waals surface area contributed by atoms with Gasteiger partial charge < -0.3 is 5.32 Å². The van der Waals surface area contributed by atoms with Crippen LogP contribution in [0.4, 0.5) is 10.5 Å². The fourth-order valence-electron chi connectivity index (χ4n) is 2.37. The fraction of sp³-hybridized carbons (Fsp3) is 0.375. The third kappa shape index (κ3) is 3.48. The van der Waals surface area contributed by atoms with E-state index in [0.29, 0.717) is 5.69 Å². The second-order valence-corrected chi connectivity index (χ2v) is 5.35. The number of rotatable bonds is 5. The Kier molecular flexibility index (Phi) is 4.96. The zero-order valence-electron chi connectivity index (χ0n) is 13.1. The molecule has 0 spiro atoms. The number of hydrogen-bond acceptors (Lipinski definition) is 4. The summed E-state index contributed by atoms with van der Waals surface area (Å²) in [5, 5.41) is 10.9. The van der Waals surface area contributed by atoms with Gasteiger partial charge in [0.05, 0.1) is 12.5 Å². The molecule has 7 nitrogen and oxygen atoms in total. The molecule has 1 aromatic carbocycles. The van der Waals surface area contributed by atoms with Gasteiger partial charge in [-0.1, -0.05) is 17.7 Å². The molecule has 0 aromatic heterocycles. The lowest BCUT2D eigenvalue weighted by Crippen LogP contribution is -2.41. The smallest absolute Gasteiger partial charge is 0.332 e. The topological polar surface area (TPSA) is 93.5 Å². The highest BCUT2D eigenvalue weighted by Crippen LogP contribution is 2.25. The second kappa shape index (κ2) is 6.92. The number of nitriles is 1. The number of nitrogens with zero attached hydrogens (tertiary/aromatic N) is 3. The molecular weight excluding hydrogens is 296 g/mol. The first-order chi connectivity index (χ1) is 11.0. The summed E-state index contributed by atoms with van der Waals surface area (Å²) in [6.45, 7) is 3.42. The molecule has 1 aromatic rings. The molecule has 2 rings (SSSR count). The largest absolute Gasteiger partial charge is 0.354 e. The Balaban J connectivity index is 2.10. The van der Waals surface area contributed by atoms with E-state index in [1.54, 1.807) is 19.1 Å². The highest BCUT2D eigenvalue weighted by Gasteiger charge is 2.43. The summed E-state index contributed by atoms with van der Waals surface area (Å²) in [6, 6.07) is 8.00. The number of urea groups is 1. The van der Waals surface area contributed by atoms with E-state index in [9.17, 15) is 14.4 Å². The highest BCUT2D eigenvalue weighted by atomic mass is 16.2. The van der Waals surface area contributed by atoms with Gasteiger partial charge in [0.2, 0.25) is 5.91 Å². The highest BCUT2D eigenvalue weighted by molar-refractivity contribution is 6.15. The van der Waals surface area contributed by atoms with Crippen LogP contribution in [0, 0.1) is 18.3 Å². The number of benzene rings is 1. The van der Waals surface area contributed by atoms with Crippen LogP contribution in [0.2, 0.25) is 0 Å². The van der Waals surface area contributed by atoms with Crippen molar-refractivity contribution in [2.45, 2.75) is 26.3 Å². The minimum atomic E-state index is -0.655. The van der Waals surface area contributed by atoms with E-state index in [1.807, 2.05) is 25.1 Å². The van der Waals surface area contributed by atoms with Crippen molar-refractivity contribution < 1.29 is 14.4 Å². The van der Waals surface area contributed by atoms with Gasteiger partial charge >= 0.3 is 6.03 Å². The molecule has 0 saturated carbocycles. The minimum Gasteiger partial charge on any atom is -0.354 e. The molecular formula is C16H18N4O3. The summed E-state index contributed by atoms with van der Waals surface area (Å²) in [5.74, 6) is -0.870. The van der Waals surface area contributed by atoms with Crippen molar-refractivity contribution in [2.75, 3.05) is 18.0 Å². The number of aryl methyl sites for hydroxylation is 1. The first kappa shape index (κ1) is 16.5. The van der Waals surface area contributed by atoms with Gasteiger partial charge in [-0.25, -0.2) is 4.79 Å². The van der Waals surface area contributed by atoms with Gasteiger partial charge in [-0.15, -0.1) is 0 Å². The van der Waals surface area contributed by atoms with E-state index in [1.165, 1.54) is 4.90 Å². The minimum absolute atomic E-state index is 0.180. The molecule has 7 heteroatoms. The maximum atomic E-state index is 12.5. The first-order valence-corrected chi connectivity index (χ1v) is 7.30.